The number of hydrogen-bond donors (Lipinski definition) is 3. The first kappa shape index (κ1) is 19.9. The fourth-order valence-electron chi connectivity index (χ4n) is 4.22. The highest BCUT2D eigenvalue weighted by atomic mass is 35.5. The molecule has 150 valence electrons. The second-order valence-electron chi connectivity index (χ2n) is 8.37. The van der Waals surface area contributed by atoms with E-state index in [1.54, 1.807) is 17.4 Å². The van der Waals surface area contributed by atoms with Crippen LogP contribution in [-0.2, 0) is 12.8 Å². The number of phenolic OH excluding ortho intramolecular Hbond substituents is 1. The number of hydrogen-bond acceptors (Lipinski definition) is 4. The molecule has 1 aromatic heterocycles. The van der Waals surface area contributed by atoms with Gasteiger partial charge in [-0.1, -0.05) is 50.4 Å². The molecule has 0 bridgehead atoms. The quantitative estimate of drug-likeness (QED) is 0.537. The SMILES string of the molecule is CCC(C)(C)[C@H]1CCc2c(sc3c2C(=O)N[C@H](c2cc(Cl)cc(Cl)c2O)N3)C1. The average Bonchev–Trinajstić information content (AvgIpc) is 3.02. The molecule has 1 amide bonds. The van der Waals surface area contributed by atoms with Crippen LogP contribution in [0.3, 0.4) is 0 Å². The molecular formula is C21H24Cl2N2O2S. The normalized spacial score (nSPS) is 21.5. The van der Waals surface area contributed by atoms with Crippen LogP contribution >= 0.6 is 34.5 Å². The number of aromatic hydroxyl groups is 1. The molecule has 1 aromatic carbocycles. The summed E-state index contributed by atoms with van der Waals surface area (Å²) >= 11 is 13.8. The van der Waals surface area contributed by atoms with Crippen LogP contribution in [0.15, 0.2) is 12.1 Å². The molecule has 1 aliphatic heterocycles. The van der Waals surface area contributed by atoms with Crippen molar-refractivity contribution < 1.29 is 9.90 Å². The third-order valence-electron chi connectivity index (χ3n) is 6.43. The van der Waals surface area contributed by atoms with E-state index in [-0.39, 0.29) is 16.7 Å². The summed E-state index contributed by atoms with van der Waals surface area (Å²) in [6, 6.07) is 3.11. The second-order valence-corrected chi connectivity index (χ2v) is 10.3. The van der Waals surface area contributed by atoms with Crippen LogP contribution in [0.2, 0.25) is 10.0 Å². The van der Waals surface area contributed by atoms with E-state index in [9.17, 15) is 9.90 Å². The van der Waals surface area contributed by atoms with Gasteiger partial charge in [0.1, 0.15) is 16.9 Å². The van der Waals surface area contributed by atoms with E-state index < -0.39 is 6.17 Å². The maximum Gasteiger partial charge on any atom is 0.256 e. The summed E-state index contributed by atoms with van der Waals surface area (Å²) in [5.74, 6) is 0.443. The van der Waals surface area contributed by atoms with Crippen molar-refractivity contribution in [3.05, 3.63) is 43.7 Å². The van der Waals surface area contributed by atoms with Gasteiger partial charge in [0, 0.05) is 15.5 Å². The zero-order valence-corrected chi connectivity index (χ0v) is 18.5. The molecule has 0 unspecified atom stereocenters. The van der Waals surface area contributed by atoms with Gasteiger partial charge in [0.25, 0.3) is 5.91 Å². The molecular weight excluding hydrogens is 415 g/mol. The first-order valence-corrected chi connectivity index (χ1v) is 11.2. The predicted octanol–water partition coefficient (Wildman–Crippen LogP) is 6.16. The summed E-state index contributed by atoms with van der Waals surface area (Å²) in [7, 11) is 0. The summed E-state index contributed by atoms with van der Waals surface area (Å²) in [5, 5.41) is 18.1. The Morgan fingerprint density at radius 1 is 1.29 bits per heavy atom. The maximum atomic E-state index is 12.9. The molecule has 1 aliphatic carbocycles. The van der Waals surface area contributed by atoms with Gasteiger partial charge < -0.3 is 15.7 Å². The van der Waals surface area contributed by atoms with Crippen LogP contribution in [0.5, 0.6) is 5.75 Å². The second kappa shape index (κ2) is 7.12. The van der Waals surface area contributed by atoms with Gasteiger partial charge >= 0.3 is 0 Å². The number of carbonyl (C=O) groups excluding carboxylic acids is 1. The molecule has 2 heterocycles. The average molecular weight is 439 g/mol. The van der Waals surface area contributed by atoms with Crippen LogP contribution in [0.25, 0.3) is 0 Å². The number of thiophene rings is 1. The van der Waals surface area contributed by atoms with Crippen LogP contribution < -0.4 is 10.6 Å². The molecule has 0 saturated heterocycles. The molecule has 4 rings (SSSR count). The van der Waals surface area contributed by atoms with Gasteiger partial charge in [0.05, 0.1) is 10.6 Å². The molecule has 7 heteroatoms. The van der Waals surface area contributed by atoms with Gasteiger partial charge in [-0.25, -0.2) is 0 Å². The molecule has 28 heavy (non-hydrogen) atoms. The van der Waals surface area contributed by atoms with Crippen LogP contribution in [-0.4, -0.2) is 11.0 Å². The van der Waals surface area contributed by atoms with E-state index in [0.717, 1.165) is 36.2 Å². The molecule has 3 N–H and O–H groups in total. The number of carbonyl (C=O) groups is 1. The summed E-state index contributed by atoms with van der Waals surface area (Å²) < 4.78 is 0. The van der Waals surface area contributed by atoms with Crippen molar-refractivity contribution >= 4 is 45.4 Å². The Morgan fingerprint density at radius 2 is 2.04 bits per heavy atom. The summed E-state index contributed by atoms with van der Waals surface area (Å²) in [5.41, 5.74) is 2.70. The Hall–Kier alpha value is -1.43. The number of rotatable bonds is 3. The Morgan fingerprint density at radius 3 is 2.75 bits per heavy atom. The minimum absolute atomic E-state index is 0.0709. The van der Waals surface area contributed by atoms with E-state index in [2.05, 4.69) is 31.4 Å². The van der Waals surface area contributed by atoms with Gasteiger partial charge in [-0.05, 0) is 48.3 Å². The first-order chi connectivity index (χ1) is 13.2. The lowest BCUT2D eigenvalue weighted by molar-refractivity contribution is 0.0934. The standard InChI is InChI=1S/C21H24Cl2N2O2S/c1-4-21(2,3)10-5-6-12-15(7-10)28-20-16(12)19(27)24-18(25-20)13-8-11(22)9-14(23)17(13)26/h8-10,18,25-26H,4-7H2,1-3H3,(H,24,27)/t10-,18-/m0/s1. The lowest BCUT2D eigenvalue weighted by atomic mass is 9.69. The minimum Gasteiger partial charge on any atom is -0.506 e. The number of amides is 1. The molecule has 0 radical (unpaired) electrons. The van der Waals surface area contributed by atoms with Crippen LogP contribution in [0, 0.1) is 11.3 Å². The largest absolute Gasteiger partial charge is 0.506 e. The molecule has 0 saturated carbocycles. The van der Waals surface area contributed by atoms with Gasteiger partial charge in [0.15, 0.2) is 0 Å². The number of anilines is 1. The molecule has 2 aliphatic rings. The van der Waals surface area contributed by atoms with Crippen LogP contribution in [0.1, 0.15) is 66.1 Å². The smallest absolute Gasteiger partial charge is 0.256 e. The van der Waals surface area contributed by atoms with E-state index >= 15 is 0 Å². The molecule has 4 nitrogen and oxygen atoms in total. The number of nitrogens with one attached hydrogen (secondary N) is 2. The van der Waals surface area contributed by atoms with Crippen LogP contribution in [0.4, 0.5) is 5.00 Å². The number of benzene rings is 1. The van der Waals surface area contributed by atoms with E-state index in [1.807, 2.05) is 0 Å². The van der Waals surface area contributed by atoms with Crippen molar-refractivity contribution in [3.63, 3.8) is 0 Å². The van der Waals surface area contributed by atoms with Crippen molar-refractivity contribution in [3.8, 4) is 5.75 Å². The number of halogens is 2. The fraction of sp³-hybridized carbons (Fsp3) is 0.476. The molecule has 2 atom stereocenters. The van der Waals surface area contributed by atoms with Gasteiger partial charge in [-0.15, -0.1) is 11.3 Å². The molecule has 0 fully saturated rings. The van der Waals surface area contributed by atoms with Crippen molar-refractivity contribution in [2.75, 3.05) is 5.32 Å². The lowest BCUT2D eigenvalue weighted by Gasteiger charge is -2.36. The summed E-state index contributed by atoms with van der Waals surface area (Å²) in [6.07, 6.45) is 3.64. The zero-order valence-electron chi connectivity index (χ0n) is 16.2. The Bertz CT molecular complexity index is 954. The number of fused-ring (bicyclic) bond motifs is 3. The highest BCUT2D eigenvalue weighted by Gasteiger charge is 2.37. The van der Waals surface area contributed by atoms with Gasteiger partial charge in [0.2, 0.25) is 0 Å². The van der Waals surface area contributed by atoms with E-state index in [4.69, 9.17) is 23.2 Å². The van der Waals surface area contributed by atoms with E-state index in [0.29, 0.717) is 21.9 Å². The Labute approximate surface area is 179 Å². The highest BCUT2D eigenvalue weighted by molar-refractivity contribution is 7.16. The predicted molar refractivity (Wildman–Crippen MR) is 116 cm³/mol. The summed E-state index contributed by atoms with van der Waals surface area (Å²) in [4.78, 5) is 14.2. The van der Waals surface area contributed by atoms with Gasteiger partial charge in [-0.3, -0.25) is 4.79 Å². The Kier molecular flexibility index (Phi) is 5.05. The molecule has 0 spiro atoms. The first-order valence-electron chi connectivity index (χ1n) is 9.61. The maximum absolute atomic E-state index is 12.9. The third-order valence-corrected chi connectivity index (χ3v) is 8.12. The highest BCUT2D eigenvalue weighted by Crippen LogP contribution is 2.47. The fourth-order valence-corrected chi connectivity index (χ4v) is 6.08. The summed E-state index contributed by atoms with van der Waals surface area (Å²) in [6.45, 7) is 6.92. The number of phenols is 1. The van der Waals surface area contributed by atoms with E-state index in [1.165, 1.54) is 16.5 Å². The van der Waals surface area contributed by atoms with Gasteiger partial charge in [-0.2, -0.15) is 0 Å². The van der Waals surface area contributed by atoms with Crippen molar-refractivity contribution in [1.82, 2.24) is 5.32 Å². The Balaban J connectivity index is 1.67. The third kappa shape index (κ3) is 3.27. The monoisotopic (exact) mass is 438 g/mol. The van der Waals surface area contributed by atoms with Crippen molar-refractivity contribution in [2.45, 2.75) is 52.6 Å². The molecule has 2 aromatic rings. The lowest BCUT2D eigenvalue weighted by Crippen LogP contribution is -2.38. The minimum atomic E-state index is -0.570. The van der Waals surface area contributed by atoms with Crippen molar-refractivity contribution in [2.24, 2.45) is 11.3 Å². The van der Waals surface area contributed by atoms with Crippen molar-refractivity contribution in [1.29, 1.82) is 0 Å². The topological polar surface area (TPSA) is 61.4 Å². The zero-order chi connectivity index (χ0) is 20.2.